The molecule has 0 bridgehead atoms. The molecule has 0 aromatic heterocycles. The van der Waals surface area contributed by atoms with Gasteiger partial charge in [0.2, 0.25) is 0 Å². The van der Waals surface area contributed by atoms with E-state index in [1.165, 1.54) is 0 Å². The molecule has 0 atom stereocenters. The van der Waals surface area contributed by atoms with E-state index in [0.717, 1.165) is 38.5 Å². The molecular formula is C25H28N4O3. The van der Waals surface area contributed by atoms with Crippen molar-refractivity contribution in [1.82, 2.24) is 5.32 Å². The van der Waals surface area contributed by atoms with Gasteiger partial charge in [0.25, 0.3) is 5.91 Å². The molecule has 0 unspecified atom stereocenters. The van der Waals surface area contributed by atoms with Crippen molar-refractivity contribution in [3.8, 4) is 29.4 Å². The van der Waals surface area contributed by atoms with Crippen LogP contribution in [-0.4, -0.2) is 24.6 Å². The number of unbranched alkanes of at least 4 members (excludes halogenated alkanes) is 2. The van der Waals surface area contributed by atoms with Crippen LogP contribution < -0.4 is 20.5 Å². The lowest BCUT2D eigenvalue weighted by Crippen LogP contribution is -2.40. The second kappa shape index (κ2) is 11.7. The van der Waals surface area contributed by atoms with Gasteiger partial charge in [0.15, 0.2) is 0 Å². The molecule has 2 aromatic carbocycles. The molecule has 1 fully saturated rings. The topological polar surface area (TPSA) is 121 Å². The van der Waals surface area contributed by atoms with E-state index in [9.17, 15) is 4.79 Å². The molecule has 0 aliphatic heterocycles. The third kappa shape index (κ3) is 7.01. The van der Waals surface area contributed by atoms with Gasteiger partial charge in [-0.3, -0.25) is 4.79 Å². The Kier molecular flexibility index (Phi) is 8.48. The van der Waals surface area contributed by atoms with Gasteiger partial charge in [-0.1, -0.05) is 0 Å². The van der Waals surface area contributed by atoms with Gasteiger partial charge in [0, 0.05) is 30.1 Å². The van der Waals surface area contributed by atoms with Gasteiger partial charge in [0.1, 0.15) is 17.2 Å². The highest BCUT2D eigenvalue weighted by Crippen LogP contribution is 2.28. The fourth-order valence-corrected chi connectivity index (χ4v) is 3.61. The van der Waals surface area contributed by atoms with E-state index in [2.05, 4.69) is 17.5 Å². The lowest BCUT2D eigenvalue weighted by Gasteiger charge is -2.26. The molecule has 0 spiro atoms. The summed E-state index contributed by atoms with van der Waals surface area (Å²) in [4.78, 5) is 12.9. The molecule has 0 heterocycles. The van der Waals surface area contributed by atoms with Crippen LogP contribution in [0.3, 0.4) is 0 Å². The highest BCUT2D eigenvalue weighted by molar-refractivity contribution is 5.95. The molecule has 7 heteroatoms. The number of benzene rings is 2. The summed E-state index contributed by atoms with van der Waals surface area (Å²) >= 11 is 0. The van der Waals surface area contributed by atoms with E-state index in [4.69, 9.17) is 25.7 Å². The average Bonchev–Trinajstić information content (AvgIpc) is 2.81. The molecule has 3 rings (SSSR count). The highest BCUT2D eigenvalue weighted by atomic mass is 16.5. The quantitative estimate of drug-likeness (QED) is 0.566. The minimum absolute atomic E-state index is 0.112. The fraction of sp³-hybridized carbons (Fsp3) is 0.400. The number of nitrogens with one attached hydrogen (secondary N) is 1. The Morgan fingerprint density at radius 3 is 2.41 bits per heavy atom. The largest absolute Gasteiger partial charge is 0.493 e. The van der Waals surface area contributed by atoms with Crippen LogP contribution in [0, 0.1) is 22.7 Å². The maximum atomic E-state index is 12.9. The Bertz CT molecular complexity index is 984. The van der Waals surface area contributed by atoms with Gasteiger partial charge in [-0.15, -0.1) is 0 Å². The summed E-state index contributed by atoms with van der Waals surface area (Å²) in [6.07, 6.45) is 5.55. The van der Waals surface area contributed by atoms with Gasteiger partial charge in [0.05, 0.1) is 24.3 Å². The van der Waals surface area contributed by atoms with Crippen molar-refractivity contribution >= 4 is 5.91 Å². The summed E-state index contributed by atoms with van der Waals surface area (Å²) in [5.41, 5.74) is 6.96. The SMILES string of the molecule is N#CCCCCOc1cc(Oc2ccc(C#N)cc2)cc(C(=O)NC2CCC(N)CC2)c1. The number of nitrogens with two attached hydrogens (primary N) is 1. The number of ether oxygens (including phenoxy) is 2. The maximum Gasteiger partial charge on any atom is 0.251 e. The molecule has 3 N–H and O–H groups in total. The summed E-state index contributed by atoms with van der Waals surface area (Å²) in [6.45, 7) is 0.448. The van der Waals surface area contributed by atoms with Gasteiger partial charge < -0.3 is 20.5 Å². The highest BCUT2D eigenvalue weighted by Gasteiger charge is 2.21. The Hall–Kier alpha value is -3.55. The van der Waals surface area contributed by atoms with E-state index >= 15 is 0 Å². The second-order valence-electron chi connectivity index (χ2n) is 7.98. The minimum atomic E-state index is -0.176. The van der Waals surface area contributed by atoms with Crippen molar-refractivity contribution < 1.29 is 14.3 Å². The summed E-state index contributed by atoms with van der Waals surface area (Å²) in [6, 6.07) is 16.4. The molecule has 1 aliphatic carbocycles. The first-order chi connectivity index (χ1) is 15.6. The first-order valence-electron chi connectivity index (χ1n) is 11.0. The number of nitrogens with zero attached hydrogens (tertiary/aromatic N) is 2. The third-order valence-electron chi connectivity index (χ3n) is 5.42. The van der Waals surface area contributed by atoms with E-state index in [-0.39, 0.29) is 18.0 Å². The molecule has 0 radical (unpaired) electrons. The van der Waals surface area contributed by atoms with Crippen molar-refractivity contribution in [2.45, 2.75) is 57.0 Å². The number of hydrogen-bond donors (Lipinski definition) is 2. The molecule has 1 saturated carbocycles. The standard InChI is InChI=1S/C25H28N4O3/c26-12-2-1-3-13-31-23-14-19(25(30)29-21-8-6-20(28)7-9-21)15-24(16-23)32-22-10-4-18(17-27)5-11-22/h4-5,10-11,14-16,20-21H,1-3,6-9,13,28H2,(H,29,30). The Morgan fingerprint density at radius 1 is 1.00 bits per heavy atom. The number of nitriles is 2. The molecule has 2 aromatic rings. The molecule has 1 aliphatic rings. The van der Waals surface area contributed by atoms with E-state index < -0.39 is 0 Å². The monoisotopic (exact) mass is 432 g/mol. The fourth-order valence-electron chi connectivity index (χ4n) is 3.61. The number of carbonyl (C=O) groups excluding carboxylic acids is 1. The van der Waals surface area contributed by atoms with E-state index in [1.54, 1.807) is 42.5 Å². The molecule has 7 nitrogen and oxygen atoms in total. The predicted octanol–water partition coefficient (Wildman–Crippen LogP) is 4.42. The van der Waals surface area contributed by atoms with Crippen molar-refractivity contribution in [3.05, 3.63) is 53.6 Å². The Morgan fingerprint density at radius 2 is 1.72 bits per heavy atom. The number of rotatable bonds is 9. The van der Waals surface area contributed by atoms with Gasteiger partial charge >= 0.3 is 0 Å². The van der Waals surface area contributed by atoms with Crippen LogP contribution in [-0.2, 0) is 0 Å². The zero-order valence-electron chi connectivity index (χ0n) is 18.0. The second-order valence-corrected chi connectivity index (χ2v) is 7.98. The smallest absolute Gasteiger partial charge is 0.251 e. The summed E-state index contributed by atoms with van der Waals surface area (Å²) < 4.78 is 11.8. The van der Waals surface area contributed by atoms with Crippen LogP contribution >= 0.6 is 0 Å². The van der Waals surface area contributed by atoms with E-state index in [0.29, 0.717) is 41.4 Å². The average molecular weight is 433 g/mol. The van der Waals surface area contributed by atoms with Crippen LogP contribution in [0.4, 0.5) is 0 Å². The summed E-state index contributed by atoms with van der Waals surface area (Å²) in [7, 11) is 0. The zero-order valence-corrected chi connectivity index (χ0v) is 18.0. The van der Waals surface area contributed by atoms with Crippen LogP contribution in [0.2, 0.25) is 0 Å². The lowest BCUT2D eigenvalue weighted by atomic mass is 9.91. The normalized spacial score (nSPS) is 17.6. The van der Waals surface area contributed by atoms with Gasteiger partial charge in [-0.2, -0.15) is 10.5 Å². The van der Waals surface area contributed by atoms with Crippen LogP contribution in [0.5, 0.6) is 17.2 Å². The van der Waals surface area contributed by atoms with Crippen molar-refractivity contribution in [3.63, 3.8) is 0 Å². The first kappa shape index (κ1) is 23.1. The molecule has 0 saturated heterocycles. The molecular weight excluding hydrogens is 404 g/mol. The first-order valence-corrected chi connectivity index (χ1v) is 11.0. The van der Waals surface area contributed by atoms with Crippen molar-refractivity contribution in [1.29, 1.82) is 10.5 Å². The number of amides is 1. The third-order valence-corrected chi connectivity index (χ3v) is 5.42. The summed E-state index contributed by atoms with van der Waals surface area (Å²) in [5.74, 6) is 1.39. The maximum absolute atomic E-state index is 12.9. The minimum Gasteiger partial charge on any atom is -0.493 e. The predicted molar refractivity (Wildman–Crippen MR) is 120 cm³/mol. The van der Waals surface area contributed by atoms with Gasteiger partial charge in [-0.25, -0.2) is 0 Å². The molecule has 32 heavy (non-hydrogen) atoms. The van der Waals surface area contributed by atoms with Crippen molar-refractivity contribution in [2.75, 3.05) is 6.61 Å². The number of carbonyl (C=O) groups is 1. The van der Waals surface area contributed by atoms with E-state index in [1.807, 2.05) is 0 Å². The molecule has 166 valence electrons. The lowest BCUT2D eigenvalue weighted by molar-refractivity contribution is 0.0925. The van der Waals surface area contributed by atoms with Crippen LogP contribution in [0.25, 0.3) is 0 Å². The Labute approximate surface area is 188 Å². The zero-order chi connectivity index (χ0) is 22.8. The molecule has 1 amide bonds. The van der Waals surface area contributed by atoms with Crippen molar-refractivity contribution in [2.24, 2.45) is 5.73 Å². The van der Waals surface area contributed by atoms with Gasteiger partial charge in [-0.05, 0) is 74.9 Å². The Balaban J connectivity index is 1.73. The summed E-state index contributed by atoms with van der Waals surface area (Å²) in [5, 5.41) is 20.7. The van der Waals surface area contributed by atoms with Crippen LogP contribution in [0.15, 0.2) is 42.5 Å². The number of hydrogen-bond acceptors (Lipinski definition) is 6. The van der Waals surface area contributed by atoms with Crippen LogP contribution in [0.1, 0.15) is 60.9 Å².